The van der Waals surface area contributed by atoms with E-state index in [2.05, 4.69) is 15.2 Å². The van der Waals surface area contributed by atoms with Gasteiger partial charge in [-0.05, 0) is 12.8 Å². The second-order valence-electron chi connectivity index (χ2n) is 3.73. The molecule has 0 saturated carbocycles. The van der Waals surface area contributed by atoms with Gasteiger partial charge in [0.2, 0.25) is 5.82 Å². The molecular formula is C9H12N4O3. The van der Waals surface area contributed by atoms with Crippen LogP contribution in [0.1, 0.15) is 29.9 Å². The van der Waals surface area contributed by atoms with E-state index in [0.29, 0.717) is 6.54 Å². The highest BCUT2D eigenvalue weighted by atomic mass is 16.4. The Labute approximate surface area is 91.5 Å². The van der Waals surface area contributed by atoms with Crippen molar-refractivity contribution in [3.05, 3.63) is 12.2 Å². The van der Waals surface area contributed by atoms with Crippen LogP contribution in [0.3, 0.4) is 0 Å². The summed E-state index contributed by atoms with van der Waals surface area (Å²) in [6.45, 7) is 0.581. The zero-order chi connectivity index (χ0) is 11.5. The molecule has 1 unspecified atom stereocenters. The molecule has 0 bridgehead atoms. The van der Waals surface area contributed by atoms with Crippen LogP contribution in [0.15, 0.2) is 6.33 Å². The number of nitrogens with zero attached hydrogens (tertiary/aromatic N) is 3. The van der Waals surface area contributed by atoms with Crippen molar-refractivity contribution in [2.24, 2.45) is 0 Å². The summed E-state index contributed by atoms with van der Waals surface area (Å²) in [6.07, 6.45) is 2.80. The predicted molar refractivity (Wildman–Crippen MR) is 52.7 cm³/mol. The highest BCUT2D eigenvalue weighted by Crippen LogP contribution is 2.21. The third-order valence-electron chi connectivity index (χ3n) is 2.67. The molecule has 1 aliphatic rings. The summed E-state index contributed by atoms with van der Waals surface area (Å²) < 4.78 is 0. The number of carbonyl (C=O) groups excluding carboxylic acids is 1. The van der Waals surface area contributed by atoms with Crippen LogP contribution in [0.5, 0.6) is 0 Å². The number of rotatable bonds is 3. The average Bonchev–Trinajstić information content (AvgIpc) is 2.84. The Morgan fingerprint density at radius 3 is 3.06 bits per heavy atom. The van der Waals surface area contributed by atoms with Crippen molar-refractivity contribution < 1.29 is 14.7 Å². The lowest BCUT2D eigenvalue weighted by molar-refractivity contribution is -0.137. The number of aromatic nitrogens is 3. The Hall–Kier alpha value is -1.92. The molecular weight excluding hydrogens is 212 g/mol. The molecule has 1 amide bonds. The number of nitrogens with one attached hydrogen (secondary N) is 1. The van der Waals surface area contributed by atoms with Crippen molar-refractivity contribution in [3.8, 4) is 0 Å². The Bertz CT molecular complexity index is 389. The van der Waals surface area contributed by atoms with Gasteiger partial charge in [0.1, 0.15) is 6.33 Å². The van der Waals surface area contributed by atoms with Gasteiger partial charge in [0.05, 0.1) is 6.42 Å². The number of carbonyl (C=O) groups is 2. The monoisotopic (exact) mass is 224 g/mol. The number of aromatic amines is 1. The van der Waals surface area contributed by atoms with Crippen LogP contribution in [0.4, 0.5) is 0 Å². The molecule has 1 atom stereocenters. The van der Waals surface area contributed by atoms with Crippen LogP contribution in [-0.4, -0.2) is 49.7 Å². The van der Waals surface area contributed by atoms with E-state index in [1.807, 2.05) is 0 Å². The SMILES string of the molecule is O=C(O)CC1CCCN1C(=O)c1ncn[nH]1. The molecule has 0 aromatic carbocycles. The van der Waals surface area contributed by atoms with Crippen LogP contribution in [0.2, 0.25) is 0 Å². The summed E-state index contributed by atoms with van der Waals surface area (Å²) in [6, 6.07) is -0.227. The van der Waals surface area contributed by atoms with Gasteiger partial charge >= 0.3 is 5.97 Å². The molecule has 1 aliphatic heterocycles. The lowest BCUT2D eigenvalue weighted by Gasteiger charge is -2.21. The van der Waals surface area contributed by atoms with Gasteiger partial charge < -0.3 is 10.0 Å². The number of H-pyrrole nitrogens is 1. The number of likely N-dealkylation sites (tertiary alicyclic amines) is 1. The summed E-state index contributed by atoms with van der Waals surface area (Å²) in [5.74, 6) is -0.999. The number of hydrogen-bond donors (Lipinski definition) is 2. The standard InChI is InChI=1S/C9H12N4O3/c14-7(15)4-6-2-1-3-13(6)9(16)8-10-5-11-12-8/h5-6H,1-4H2,(H,14,15)(H,10,11,12). The van der Waals surface area contributed by atoms with Gasteiger partial charge in [0.15, 0.2) is 0 Å². The van der Waals surface area contributed by atoms with Gasteiger partial charge in [-0.2, -0.15) is 5.10 Å². The van der Waals surface area contributed by atoms with Gasteiger partial charge in [0.25, 0.3) is 5.91 Å². The van der Waals surface area contributed by atoms with Crippen molar-refractivity contribution in [1.82, 2.24) is 20.1 Å². The smallest absolute Gasteiger partial charge is 0.305 e. The molecule has 2 heterocycles. The van der Waals surface area contributed by atoms with Crippen molar-refractivity contribution in [3.63, 3.8) is 0 Å². The minimum atomic E-state index is -0.887. The van der Waals surface area contributed by atoms with E-state index in [1.165, 1.54) is 6.33 Å². The summed E-state index contributed by atoms with van der Waals surface area (Å²) in [4.78, 5) is 27.9. The van der Waals surface area contributed by atoms with Crippen LogP contribution in [-0.2, 0) is 4.79 Å². The third-order valence-corrected chi connectivity index (χ3v) is 2.67. The molecule has 86 valence electrons. The molecule has 7 heteroatoms. The van der Waals surface area contributed by atoms with E-state index in [-0.39, 0.29) is 24.2 Å². The predicted octanol–water partition coefficient (Wildman–Crippen LogP) is -0.116. The molecule has 16 heavy (non-hydrogen) atoms. The highest BCUT2D eigenvalue weighted by Gasteiger charge is 2.31. The molecule has 1 saturated heterocycles. The summed E-state index contributed by atoms with van der Waals surface area (Å²) >= 11 is 0. The minimum absolute atomic E-state index is 0.0140. The zero-order valence-corrected chi connectivity index (χ0v) is 8.59. The van der Waals surface area contributed by atoms with Crippen LogP contribution in [0, 0.1) is 0 Å². The first-order chi connectivity index (χ1) is 7.68. The number of amides is 1. The zero-order valence-electron chi connectivity index (χ0n) is 8.59. The molecule has 1 aromatic rings. The maximum absolute atomic E-state index is 11.9. The third kappa shape index (κ3) is 2.02. The van der Waals surface area contributed by atoms with Crippen molar-refractivity contribution >= 4 is 11.9 Å². The maximum atomic E-state index is 11.9. The largest absolute Gasteiger partial charge is 0.481 e. The van der Waals surface area contributed by atoms with E-state index < -0.39 is 5.97 Å². The van der Waals surface area contributed by atoms with Crippen LogP contribution >= 0.6 is 0 Å². The van der Waals surface area contributed by atoms with Crippen LogP contribution < -0.4 is 0 Å². The minimum Gasteiger partial charge on any atom is -0.481 e. The van der Waals surface area contributed by atoms with E-state index in [4.69, 9.17) is 5.11 Å². The molecule has 1 fully saturated rings. The number of hydrogen-bond acceptors (Lipinski definition) is 4. The van der Waals surface area contributed by atoms with E-state index in [1.54, 1.807) is 4.90 Å². The van der Waals surface area contributed by atoms with E-state index in [9.17, 15) is 9.59 Å². The van der Waals surface area contributed by atoms with Crippen molar-refractivity contribution in [2.45, 2.75) is 25.3 Å². The van der Waals surface area contributed by atoms with E-state index in [0.717, 1.165) is 12.8 Å². The maximum Gasteiger partial charge on any atom is 0.305 e. The Kier molecular flexibility index (Phi) is 2.84. The first-order valence-electron chi connectivity index (χ1n) is 5.06. The second-order valence-corrected chi connectivity index (χ2v) is 3.73. The Morgan fingerprint density at radius 1 is 1.62 bits per heavy atom. The van der Waals surface area contributed by atoms with E-state index >= 15 is 0 Å². The summed E-state index contributed by atoms with van der Waals surface area (Å²) in [5.41, 5.74) is 0. The summed E-state index contributed by atoms with van der Waals surface area (Å²) in [5, 5.41) is 14.8. The number of aliphatic carboxylic acids is 1. The van der Waals surface area contributed by atoms with Gasteiger partial charge in [-0.1, -0.05) is 0 Å². The lowest BCUT2D eigenvalue weighted by atomic mass is 10.1. The van der Waals surface area contributed by atoms with Gasteiger partial charge in [-0.15, -0.1) is 0 Å². The first kappa shape index (κ1) is 10.6. The van der Waals surface area contributed by atoms with Gasteiger partial charge in [-0.3, -0.25) is 14.7 Å². The molecule has 7 nitrogen and oxygen atoms in total. The normalized spacial score (nSPS) is 20.0. The molecule has 2 N–H and O–H groups in total. The van der Waals surface area contributed by atoms with Gasteiger partial charge in [0, 0.05) is 12.6 Å². The topological polar surface area (TPSA) is 99.2 Å². The quantitative estimate of drug-likeness (QED) is 0.745. The molecule has 2 rings (SSSR count). The van der Waals surface area contributed by atoms with Crippen molar-refractivity contribution in [2.75, 3.05) is 6.54 Å². The Morgan fingerprint density at radius 2 is 2.44 bits per heavy atom. The molecule has 0 radical (unpaired) electrons. The fraction of sp³-hybridized carbons (Fsp3) is 0.556. The highest BCUT2D eigenvalue weighted by molar-refractivity contribution is 5.91. The molecule has 0 spiro atoms. The number of carboxylic acid groups (broad SMARTS) is 1. The summed E-state index contributed by atoms with van der Waals surface area (Å²) in [7, 11) is 0. The Balaban J connectivity index is 2.08. The fourth-order valence-corrected chi connectivity index (χ4v) is 1.96. The van der Waals surface area contributed by atoms with Gasteiger partial charge in [-0.25, -0.2) is 4.98 Å². The first-order valence-corrected chi connectivity index (χ1v) is 5.06. The lowest BCUT2D eigenvalue weighted by Crippen LogP contribution is -2.37. The van der Waals surface area contributed by atoms with Crippen molar-refractivity contribution in [1.29, 1.82) is 0 Å². The average molecular weight is 224 g/mol. The molecule has 0 aliphatic carbocycles. The molecule has 1 aromatic heterocycles. The number of carboxylic acids is 1. The van der Waals surface area contributed by atoms with Crippen LogP contribution in [0.25, 0.3) is 0 Å². The fourth-order valence-electron chi connectivity index (χ4n) is 1.96. The second kappa shape index (κ2) is 4.30.